The SMILES string of the molecule is CNCc1cc(S(=O)(=O)NC(C)CSC)cc(C)c1F. The van der Waals surface area contributed by atoms with Gasteiger partial charge in [-0.05, 0) is 44.8 Å². The first kappa shape index (κ1) is 17.4. The molecule has 1 atom stereocenters. The molecule has 0 aromatic heterocycles. The maximum absolute atomic E-state index is 13.9. The molecule has 0 aliphatic carbocycles. The van der Waals surface area contributed by atoms with Crippen molar-refractivity contribution < 1.29 is 12.8 Å². The molecule has 0 aliphatic rings. The largest absolute Gasteiger partial charge is 0.316 e. The Bertz CT molecular complexity index is 562. The smallest absolute Gasteiger partial charge is 0.240 e. The number of hydrogen-bond donors (Lipinski definition) is 2. The highest BCUT2D eigenvalue weighted by Gasteiger charge is 2.20. The van der Waals surface area contributed by atoms with Crippen LogP contribution in [0.5, 0.6) is 0 Å². The zero-order valence-electron chi connectivity index (χ0n) is 12.2. The molecule has 1 rings (SSSR count). The van der Waals surface area contributed by atoms with E-state index in [0.29, 0.717) is 16.9 Å². The lowest BCUT2D eigenvalue weighted by atomic mass is 10.1. The van der Waals surface area contributed by atoms with E-state index in [1.165, 1.54) is 12.1 Å². The number of thioether (sulfide) groups is 1. The Morgan fingerprint density at radius 1 is 1.40 bits per heavy atom. The van der Waals surface area contributed by atoms with Crippen molar-refractivity contribution in [2.24, 2.45) is 0 Å². The summed E-state index contributed by atoms with van der Waals surface area (Å²) in [6, 6.07) is 2.57. The Kier molecular flexibility index (Phi) is 6.44. The summed E-state index contributed by atoms with van der Waals surface area (Å²) in [4.78, 5) is 0.106. The van der Waals surface area contributed by atoms with Gasteiger partial charge < -0.3 is 5.32 Å². The van der Waals surface area contributed by atoms with E-state index in [1.54, 1.807) is 32.7 Å². The zero-order valence-corrected chi connectivity index (χ0v) is 13.8. The molecule has 0 fully saturated rings. The van der Waals surface area contributed by atoms with Crippen LogP contribution in [0.4, 0.5) is 4.39 Å². The van der Waals surface area contributed by atoms with E-state index in [2.05, 4.69) is 10.0 Å². The monoisotopic (exact) mass is 320 g/mol. The molecule has 0 radical (unpaired) electrons. The van der Waals surface area contributed by atoms with Gasteiger partial charge >= 0.3 is 0 Å². The molecule has 0 saturated heterocycles. The predicted octanol–water partition coefficient (Wildman–Crippen LogP) is 1.88. The Labute approximate surface area is 124 Å². The molecule has 0 bridgehead atoms. The zero-order chi connectivity index (χ0) is 15.3. The average molecular weight is 320 g/mol. The fourth-order valence-corrected chi connectivity index (χ4v) is 3.97. The number of aryl methyl sites for hydroxylation is 1. The van der Waals surface area contributed by atoms with Crippen LogP contribution in [0.25, 0.3) is 0 Å². The second-order valence-electron chi connectivity index (χ2n) is 4.72. The minimum Gasteiger partial charge on any atom is -0.316 e. The lowest BCUT2D eigenvalue weighted by molar-refractivity contribution is 0.567. The van der Waals surface area contributed by atoms with Crippen molar-refractivity contribution in [2.45, 2.75) is 31.3 Å². The van der Waals surface area contributed by atoms with Gasteiger partial charge in [0.15, 0.2) is 0 Å². The topological polar surface area (TPSA) is 58.2 Å². The average Bonchev–Trinajstić information content (AvgIpc) is 2.34. The van der Waals surface area contributed by atoms with E-state index in [9.17, 15) is 12.8 Å². The molecule has 0 spiro atoms. The summed E-state index contributed by atoms with van der Waals surface area (Å²) in [7, 11) is -1.93. The Morgan fingerprint density at radius 2 is 2.05 bits per heavy atom. The molecule has 2 N–H and O–H groups in total. The van der Waals surface area contributed by atoms with Crippen LogP contribution >= 0.6 is 11.8 Å². The number of nitrogens with one attached hydrogen (secondary N) is 2. The van der Waals surface area contributed by atoms with Crippen molar-refractivity contribution in [1.29, 1.82) is 0 Å². The second-order valence-corrected chi connectivity index (χ2v) is 7.35. The van der Waals surface area contributed by atoms with Crippen molar-refractivity contribution >= 4 is 21.8 Å². The number of halogens is 1. The van der Waals surface area contributed by atoms with Crippen molar-refractivity contribution in [1.82, 2.24) is 10.0 Å². The van der Waals surface area contributed by atoms with Crippen LogP contribution in [0.2, 0.25) is 0 Å². The van der Waals surface area contributed by atoms with Crippen LogP contribution < -0.4 is 10.0 Å². The Morgan fingerprint density at radius 3 is 2.60 bits per heavy atom. The normalized spacial score (nSPS) is 13.4. The molecule has 1 unspecified atom stereocenters. The Balaban J connectivity index is 3.12. The van der Waals surface area contributed by atoms with Crippen molar-refractivity contribution in [3.05, 3.63) is 29.1 Å². The fourth-order valence-electron chi connectivity index (χ4n) is 1.90. The van der Waals surface area contributed by atoms with E-state index in [-0.39, 0.29) is 23.3 Å². The van der Waals surface area contributed by atoms with Crippen LogP contribution in [0.15, 0.2) is 17.0 Å². The molecule has 0 saturated carbocycles. The molecule has 4 nitrogen and oxygen atoms in total. The minimum absolute atomic E-state index is 0.106. The van der Waals surface area contributed by atoms with Gasteiger partial charge in [-0.1, -0.05) is 0 Å². The fraction of sp³-hybridized carbons (Fsp3) is 0.538. The van der Waals surface area contributed by atoms with Gasteiger partial charge in [0.05, 0.1) is 4.90 Å². The summed E-state index contributed by atoms with van der Waals surface area (Å²) >= 11 is 1.57. The van der Waals surface area contributed by atoms with Crippen molar-refractivity contribution in [3.63, 3.8) is 0 Å². The van der Waals surface area contributed by atoms with Crippen LogP contribution in [0, 0.1) is 12.7 Å². The van der Waals surface area contributed by atoms with Gasteiger partial charge in [-0.2, -0.15) is 11.8 Å². The minimum atomic E-state index is -3.62. The maximum Gasteiger partial charge on any atom is 0.240 e. The highest BCUT2D eigenvalue weighted by Crippen LogP contribution is 2.19. The Hall–Kier alpha value is -0.630. The standard InChI is InChI=1S/C13H21FN2O2S2/c1-9-5-12(6-11(7-15-3)13(9)14)20(17,18)16-10(2)8-19-4/h5-6,10,15-16H,7-8H2,1-4H3. The molecule has 7 heteroatoms. The predicted molar refractivity (Wildman–Crippen MR) is 82.1 cm³/mol. The number of hydrogen-bond acceptors (Lipinski definition) is 4. The molecule has 114 valence electrons. The summed E-state index contributed by atoms with van der Waals surface area (Å²) in [6.07, 6.45) is 1.91. The van der Waals surface area contributed by atoms with Gasteiger partial charge in [0, 0.05) is 23.9 Å². The number of sulfonamides is 1. The molecule has 1 aromatic rings. The van der Waals surface area contributed by atoms with Crippen molar-refractivity contribution in [2.75, 3.05) is 19.1 Å². The summed E-state index contributed by atoms with van der Waals surface area (Å²) in [5, 5.41) is 2.83. The summed E-state index contributed by atoms with van der Waals surface area (Å²) < 4.78 is 41.0. The first-order valence-corrected chi connectivity index (χ1v) is 9.14. The molecule has 20 heavy (non-hydrogen) atoms. The van der Waals surface area contributed by atoms with Gasteiger partial charge in [-0.15, -0.1) is 0 Å². The maximum atomic E-state index is 13.9. The van der Waals surface area contributed by atoms with E-state index in [4.69, 9.17) is 0 Å². The van der Waals surface area contributed by atoms with Crippen LogP contribution in [0.3, 0.4) is 0 Å². The molecular weight excluding hydrogens is 299 g/mol. The first-order valence-electron chi connectivity index (χ1n) is 6.26. The van der Waals surface area contributed by atoms with Crippen LogP contribution in [-0.4, -0.2) is 33.5 Å². The van der Waals surface area contributed by atoms with Crippen LogP contribution in [-0.2, 0) is 16.6 Å². The number of benzene rings is 1. The van der Waals surface area contributed by atoms with Gasteiger partial charge in [0.25, 0.3) is 0 Å². The molecule has 0 heterocycles. The van der Waals surface area contributed by atoms with E-state index >= 15 is 0 Å². The third-order valence-corrected chi connectivity index (χ3v) is 5.16. The number of rotatable bonds is 7. The summed E-state index contributed by atoms with van der Waals surface area (Å²) in [5.74, 6) is 0.318. The van der Waals surface area contributed by atoms with E-state index in [1.807, 2.05) is 6.26 Å². The highest BCUT2D eigenvalue weighted by molar-refractivity contribution is 7.98. The molecular formula is C13H21FN2O2S2. The quantitative estimate of drug-likeness (QED) is 0.805. The van der Waals surface area contributed by atoms with Gasteiger partial charge in [-0.25, -0.2) is 17.5 Å². The lowest BCUT2D eigenvalue weighted by Crippen LogP contribution is -2.34. The summed E-state index contributed by atoms with van der Waals surface area (Å²) in [5.41, 5.74) is 0.682. The van der Waals surface area contributed by atoms with E-state index < -0.39 is 10.0 Å². The summed E-state index contributed by atoms with van der Waals surface area (Å²) in [6.45, 7) is 3.66. The van der Waals surface area contributed by atoms with Gasteiger partial charge in [0.1, 0.15) is 5.82 Å². The molecule has 0 aliphatic heterocycles. The highest BCUT2D eigenvalue weighted by atomic mass is 32.2. The first-order chi connectivity index (χ1) is 9.31. The van der Waals surface area contributed by atoms with Crippen molar-refractivity contribution in [3.8, 4) is 0 Å². The van der Waals surface area contributed by atoms with Gasteiger partial charge in [0.2, 0.25) is 10.0 Å². The third kappa shape index (κ3) is 4.44. The van der Waals surface area contributed by atoms with E-state index in [0.717, 1.165) is 0 Å². The second kappa shape index (κ2) is 7.40. The lowest BCUT2D eigenvalue weighted by Gasteiger charge is -2.15. The molecule has 0 amide bonds. The molecule has 1 aromatic carbocycles. The van der Waals surface area contributed by atoms with Gasteiger partial charge in [-0.3, -0.25) is 0 Å². The van der Waals surface area contributed by atoms with Crippen LogP contribution in [0.1, 0.15) is 18.1 Å². The third-order valence-electron chi connectivity index (χ3n) is 2.75.